The van der Waals surface area contributed by atoms with Gasteiger partial charge in [-0.1, -0.05) is 0 Å². The van der Waals surface area contributed by atoms with Gasteiger partial charge in [0.15, 0.2) is 0 Å². The molecule has 0 aromatic carbocycles. The zero-order valence-corrected chi connectivity index (χ0v) is 14.5. The van der Waals surface area contributed by atoms with E-state index in [0.29, 0.717) is 30.4 Å². The van der Waals surface area contributed by atoms with Crippen LogP contribution in [0.2, 0.25) is 0 Å². The second kappa shape index (κ2) is 6.72. The highest BCUT2D eigenvalue weighted by atomic mass is 19.4. The topological polar surface area (TPSA) is 56.1 Å². The van der Waals surface area contributed by atoms with E-state index in [9.17, 15) is 13.2 Å². The normalized spacial score (nSPS) is 22.4. The second-order valence-corrected chi connectivity index (χ2v) is 6.93. The maximum absolute atomic E-state index is 13.4. The predicted octanol–water partition coefficient (Wildman–Crippen LogP) is 3.47. The van der Waals surface area contributed by atoms with E-state index >= 15 is 0 Å². The highest BCUT2D eigenvalue weighted by Gasteiger charge is 2.42. The maximum atomic E-state index is 13.4. The third-order valence-electron chi connectivity index (χ3n) is 5.42. The summed E-state index contributed by atoms with van der Waals surface area (Å²) >= 11 is 0. The molecule has 5 nitrogen and oxygen atoms in total. The zero-order valence-electron chi connectivity index (χ0n) is 14.5. The van der Waals surface area contributed by atoms with Gasteiger partial charge in [-0.25, -0.2) is 9.97 Å². The number of rotatable bonds is 2. The van der Waals surface area contributed by atoms with Crippen LogP contribution in [-0.4, -0.2) is 35.6 Å². The second-order valence-electron chi connectivity index (χ2n) is 6.93. The summed E-state index contributed by atoms with van der Waals surface area (Å²) < 4.78 is 40.1. The lowest BCUT2D eigenvalue weighted by molar-refractivity contribution is -0.137. The first-order valence-electron chi connectivity index (χ1n) is 8.87. The van der Waals surface area contributed by atoms with Crippen LogP contribution in [0, 0.1) is 17.2 Å². The van der Waals surface area contributed by atoms with Gasteiger partial charge in [0.25, 0.3) is 0 Å². The molecule has 0 saturated carbocycles. The first kappa shape index (κ1) is 17.6. The quantitative estimate of drug-likeness (QED) is 0.807. The number of nitrogens with zero attached hydrogens (tertiary/aromatic N) is 5. The molecule has 4 heterocycles. The number of piperidine rings is 1. The van der Waals surface area contributed by atoms with Gasteiger partial charge in [-0.3, -0.25) is 0 Å². The number of pyridine rings is 2. The molecule has 2 saturated heterocycles. The predicted molar refractivity (Wildman–Crippen MR) is 94.3 cm³/mol. The van der Waals surface area contributed by atoms with Crippen molar-refractivity contribution in [2.75, 3.05) is 29.4 Å². The number of anilines is 2. The zero-order chi connectivity index (χ0) is 19.0. The molecule has 2 atom stereocenters. The molecule has 0 bridgehead atoms. The van der Waals surface area contributed by atoms with Crippen molar-refractivity contribution in [1.29, 1.82) is 5.26 Å². The third-order valence-corrected chi connectivity index (χ3v) is 5.42. The van der Waals surface area contributed by atoms with E-state index < -0.39 is 11.7 Å². The average Bonchev–Trinajstić information content (AvgIpc) is 3.10. The molecule has 0 amide bonds. The van der Waals surface area contributed by atoms with E-state index in [-0.39, 0.29) is 11.9 Å². The van der Waals surface area contributed by atoms with Crippen molar-refractivity contribution in [2.24, 2.45) is 5.92 Å². The van der Waals surface area contributed by atoms with Crippen LogP contribution in [0.1, 0.15) is 24.0 Å². The summed E-state index contributed by atoms with van der Waals surface area (Å²) in [4.78, 5) is 12.3. The van der Waals surface area contributed by atoms with Crippen molar-refractivity contribution in [3.63, 3.8) is 0 Å². The Balaban J connectivity index is 1.62. The molecule has 140 valence electrons. The molecule has 0 spiro atoms. The monoisotopic (exact) mass is 373 g/mol. The minimum absolute atomic E-state index is 0.00552. The first-order valence-corrected chi connectivity index (χ1v) is 8.87. The van der Waals surface area contributed by atoms with E-state index in [1.54, 1.807) is 23.2 Å². The smallest absolute Gasteiger partial charge is 0.354 e. The average molecular weight is 373 g/mol. The molecule has 0 N–H and O–H groups in total. The van der Waals surface area contributed by atoms with Gasteiger partial charge < -0.3 is 9.80 Å². The van der Waals surface area contributed by atoms with Crippen LogP contribution >= 0.6 is 0 Å². The molecular weight excluding hydrogens is 355 g/mol. The molecule has 27 heavy (non-hydrogen) atoms. The molecule has 2 fully saturated rings. The van der Waals surface area contributed by atoms with E-state index in [0.717, 1.165) is 25.5 Å². The third kappa shape index (κ3) is 3.29. The lowest BCUT2D eigenvalue weighted by atomic mass is 9.92. The van der Waals surface area contributed by atoms with Gasteiger partial charge >= 0.3 is 6.18 Å². The SMILES string of the molecule is N#Cc1ccnc(N2CCC3CCN(c4ncccc4C(F)(F)F)CC32)c1. The van der Waals surface area contributed by atoms with Crippen LogP contribution in [-0.2, 0) is 6.18 Å². The van der Waals surface area contributed by atoms with Gasteiger partial charge in [0.05, 0.1) is 23.2 Å². The Labute approximate surface area is 155 Å². The fourth-order valence-corrected chi connectivity index (χ4v) is 4.13. The Morgan fingerprint density at radius 1 is 1.11 bits per heavy atom. The Kier molecular flexibility index (Phi) is 4.38. The number of halogens is 3. The van der Waals surface area contributed by atoms with Crippen molar-refractivity contribution >= 4 is 11.6 Å². The highest BCUT2D eigenvalue weighted by molar-refractivity contribution is 5.52. The van der Waals surface area contributed by atoms with Crippen molar-refractivity contribution in [1.82, 2.24) is 9.97 Å². The lowest BCUT2D eigenvalue weighted by Crippen LogP contribution is -2.49. The molecule has 0 radical (unpaired) electrons. The van der Waals surface area contributed by atoms with Crippen molar-refractivity contribution in [2.45, 2.75) is 25.1 Å². The maximum Gasteiger partial charge on any atom is 0.419 e. The van der Waals surface area contributed by atoms with Crippen molar-refractivity contribution in [3.05, 3.63) is 47.8 Å². The van der Waals surface area contributed by atoms with Gasteiger partial charge in [0.2, 0.25) is 0 Å². The van der Waals surface area contributed by atoms with E-state index in [4.69, 9.17) is 5.26 Å². The van der Waals surface area contributed by atoms with Gasteiger partial charge in [-0.2, -0.15) is 18.4 Å². The Morgan fingerprint density at radius 3 is 2.70 bits per heavy atom. The molecule has 2 aromatic rings. The largest absolute Gasteiger partial charge is 0.419 e. The van der Waals surface area contributed by atoms with Gasteiger partial charge in [-0.15, -0.1) is 0 Å². The number of nitriles is 1. The van der Waals surface area contributed by atoms with E-state index in [1.807, 2.05) is 0 Å². The van der Waals surface area contributed by atoms with Crippen LogP contribution in [0.15, 0.2) is 36.7 Å². The molecule has 0 aliphatic carbocycles. The molecule has 2 aliphatic heterocycles. The van der Waals surface area contributed by atoms with Gasteiger partial charge in [-0.05, 0) is 43.0 Å². The van der Waals surface area contributed by atoms with Crippen molar-refractivity contribution in [3.8, 4) is 6.07 Å². The highest BCUT2D eigenvalue weighted by Crippen LogP contribution is 2.39. The van der Waals surface area contributed by atoms with Crippen LogP contribution in [0.4, 0.5) is 24.8 Å². The molecular formula is C19H18F3N5. The number of hydrogen-bond donors (Lipinski definition) is 0. The van der Waals surface area contributed by atoms with E-state index in [1.165, 1.54) is 12.3 Å². The Bertz CT molecular complexity index is 876. The Hall–Kier alpha value is -2.82. The van der Waals surface area contributed by atoms with Crippen LogP contribution < -0.4 is 9.80 Å². The molecule has 2 aliphatic rings. The van der Waals surface area contributed by atoms with Crippen molar-refractivity contribution < 1.29 is 13.2 Å². The molecule has 2 unspecified atom stereocenters. The minimum Gasteiger partial charge on any atom is -0.354 e. The van der Waals surface area contributed by atoms with Crippen LogP contribution in [0.3, 0.4) is 0 Å². The summed E-state index contributed by atoms with van der Waals surface area (Å²) in [7, 11) is 0. The summed E-state index contributed by atoms with van der Waals surface area (Å²) in [6.45, 7) is 1.81. The molecule has 2 aromatic heterocycles. The summed E-state index contributed by atoms with van der Waals surface area (Å²) in [6.07, 6.45) is 0.361. The number of fused-ring (bicyclic) bond motifs is 1. The lowest BCUT2D eigenvalue weighted by Gasteiger charge is -2.40. The van der Waals surface area contributed by atoms with Crippen LogP contribution in [0.5, 0.6) is 0 Å². The summed E-state index contributed by atoms with van der Waals surface area (Å²) in [5, 5.41) is 9.12. The molecule has 8 heteroatoms. The standard InChI is InChI=1S/C19H18F3N5/c20-19(21,22)15-2-1-6-25-18(15)26-8-4-14-5-9-27(16(14)12-26)17-10-13(11-23)3-7-24-17/h1-3,6-7,10,14,16H,4-5,8-9,12H2. The van der Waals surface area contributed by atoms with E-state index in [2.05, 4.69) is 20.9 Å². The summed E-state index contributed by atoms with van der Waals surface area (Å²) in [5.74, 6) is 1.11. The van der Waals surface area contributed by atoms with Gasteiger partial charge in [0.1, 0.15) is 11.6 Å². The fourth-order valence-electron chi connectivity index (χ4n) is 4.13. The van der Waals surface area contributed by atoms with Crippen LogP contribution in [0.25, 0.3) is 0 Å². The van der Waals surface area contributed by atoms with Gasteiger partial charge in [0, 0.05) is 32.0 Å². The number of aromatic nitrogens is 2. The molecule has 4 rings (SSSR count). The summed E-state index contributed by atoms with van der Waals surface area (Å²) in [6, 6.07) is 7.95. The summed E-state index contributed by atoms with van der Waals surface area (Å²) in [5.41, 5.74) is -0.169. The number of hydrogen-bond acceptors (Lipinski definition) is 5. The minimum atomic E-state index is -4.43. The Morgan fingerprint density at radius 2 is 1.93 bits per heavy atom. The number of alkyl halides is 3. The fraction of sp³-hybridized carbons (Fsp3) is 0.421. The first-order chi connectivity index (χ1) is 13.0.